The molecule has 128 valence electrons. The second-order valence-corrected chi connectivity index (χ2v) is 7.36. The highest BCUT2D eigenvalue weighted by atomic mass is 35.5. The van der Waals surface area contributed by atoms with Crippen LogP contribution < -0.4 is 10.1 Å². The van der Waals surface area contributed by atoms with Crippen LogP contribution in [0.25, 0.3) is 0 Å². The first kappa shape index (κ1) is 18.0. The number of nitrogens with one attached hydrogen (secondary N) is 1. The van der Waals surface area contributed by atoms with Gasteiger partial charge in [0.05, 0.1) is 4.92 Å². The smallest absolute Gasteiger partial charge is 0.288 e. The fourth-order valence-corrected chi connectivity index (χ4v) is 3.04. The molecule has 0 atom stereocenters. The molecule has 0 bridgehead atoms. The van der Waals surface area contributed by atoms with E-state index in [1.54, 1.807) is 24.3 Å². The number of benzene rings is 2. The molecule has 2 aromatic rings. The van der Waals surface area contributed by atoms with Crippen molar-refractivity contribution >= 4 is 32.8 Å². The highest BCUT2D eigenvalue weighted by Crippen LogP contribution is 2.27. The van der Waals surface area contributed by atoms with Gasteiger partial charge in [0.1, 0.15) is 17.3 Å². The lowest BCUT2D eigenvalue weighted by Gasteiger charge is -2.10. The SMILES string of the molecule is CS(=O)(=O)c1cc(NCCOc2cccc(Cl)c2)ccc1[N+](=O)[O-]. The van der Waals surface area contributed by atoms with Gasteiger partial charge in [0.2, 0.25) is 0 Å². The second kappa shape index (κ2) is 7.50. The standard InChI is InChI=1S/C15H15ClN2O5S/c1-24(21,22)15-10-12(5-6-14(15)18(19)20)17-7-8-23-13-4-2-3-11(16)9-13/h2-6,9-10,17H,7-8H2,1H3. The molecule has 0 spiro atoms. The molecule has 0 aromatic heterocycles. The van der Waals surface area contributed by atoms with Crippen molar-refractivity contribution < 1.29 is 18.1 Å². The van der Waals surface area contributed by atoms with Gasteiger partial charge in [-0.25, -0.2) is 8.42 Å². The number of ether oxygens (including phenoxy) is 1. The molecule has 0 aliphatic carbocycles. The molecular formula is C15H15ClN2O5S. The molecular weight excluding hydrogens is 356 g/mol. The lowest BCUT2D eigenvalue weighted by molar-refractivity contribution is -0.387. The maximum absolute atomic E-state index is 11.7. The van der Waals surface area contributed by atoms with Gasteiger partial charge >= 0.3 is 0 Å². The van der Waals surface area contributed by atoms with E-state index >= 15 is 0 Å². The van der Waals surface area contributed by atoms with Crippen LogP contribution in [0.15, 0.2) is 47.4 Å². The summed E-state index contributed by atoms with van der Waals surface area (Å²) in [6.07, 6.45) is 0.932. The van der Waals surface area contributed by atoms with Gasteiger partial charge in [0.15, 0.2) is 9.84 Å². The minimum Gasteiger partial charge on any atom is -0.492 e. The summed E-state index contributed by atoms with van der Waals surface area (Å²) in [6, 6.07) is 10.8. The average molecular weight is 371 g/mol. The number of halogens is 1. The summed E-state index contributed by atoms with van der Waals surface area (Å²) < 4.78 is 28.9. The van der Waals surface area contributed by atoms with E-state index in [2.05, 4.69) is 5.32 Å². The van der Waals surface area contributed by atoms with E-state index in [1.807, 2.05) is 0 Å². The van der Waals surface area contributed by atoms with Crippen molar-refractivity contribution in [3.8, 4) is 5.75 Å². The minimum atomic E-state index is -3.71. The first-order valence-corrected chi connectivity index (χ1v) is 9.15. The Hall–Kier alpha value is -2.32. The Morgan fingerprint density at radius 2 is 2.00 bits per heavy atom. The zero-order valence-electron chi connectivity index (χ0n) is 12.7. The molecule has 0 amide bonds. The summed E-state index contributed by atoms with van der Waals surface area (Å²) in [5.41, 5.74) is 0.00828. The number of anilines is 1. The fourth-order valence-electron chi connectivity index (χ4n) is 1.99. The van der Waals surface area contributed by atoms with E-state index in [4.69, 9.17) is 16.3 Å². The third kappa shape index (κ3) is 4.84. The fraction of sp³-hybridized carbons (Fsp3) is 0.200. The maximum atomic E-state index is 11.7. The molecule has 7 nitrogen and oxygen atoms in total. The number of hydrogen-bond donors (Lipinski definition) is 1. The largest absolute Gasteiger partial charge is 0.492 e. The highest BCUT2D eigenvalue weighted by molar-refractivity contribution is 7.90. The molecule has 1 N–H and O–H groups in total. The highest BCUT2D eigenvalue weighted by Gasteiger charge is 2.22. The van der Waals surface area contributed by atoms with Crippen molar-refractivity contribution in [1.82, 2.24) is 0 Å². The van der Waals surface area contributed by atoms with Crippen LogP contribution in [-0.4, -0.2) is 32.7 Å². The lowest BCUT2D eigenvalue weighted by atomic mass is 10.3. The third-order valence-corrected chi connectivity index (χ3v) is 4.41. The lowest BCUT2D eigenvalue weighted by Crippen LogP contribution is -2.12. The summed E-state index contributed by atoms with van der Waals surface area (Å²) in [6.45, 7) is 0.694. The molecule has 24 heavy (non-hydrogen) atoms. The zero-order valence-corrected chi connectivity index (χ0v) is 14.3. The Kier molecular flexibility index (Phi) is 5.63. The van der Waals surface area contributed by atoms with Crippen LogP contribution >= 0.6 is 11.6 Å². The van der Waals surface area contributed by atoms with Crippen molar-refractivity contribution in [2.75, 3.05) is 24.7 Å². The van der Waals surface area contributed by atoms with Gasteiger partial charge in [-0.2, -0.15) is 0 Å². The Labute approximate surface area is 144 Å². The van der Waals surface area contributed by atoms with Crippen LogP contribution in [0, 0.1) is 10.1 Å². The van der Waals surface area contributed by atoms with Crippen LogP contribution in [0.1, 0.15) is 0 Å². The third-order valence-electron chi connectivity index (χ3n) is 3.05. The van der Waals surface area contributed by atoms with Crippen LogP contribution in [0.4, 0.5) is 11.4 Å². The molecule has 0 unspecified atom stereocenters. The Morgan fingerprint density at radius 1 is 1.25 bits per heavy atom. The molecule has 0 aliphatic heterocycles. The van der Waals surface area contributed by atoms with Crippen molar-refractivity contribution in [2.45, 2.75) is 4.90 Å². The maximum Gasteiger partial charge on any atom is 0.288 e. The van der Waals surface area contributed by atoms with Gasteiger partial charge in [-0.1, -0.05) is 17.7 Å². The van der Waals surface area contributed by atoms with Crippen LogP contribution in [0.3, 0.4) is 0 Å². The zero-order chi connectivity index (χ0) is 17.7. The van der Waals surface area contributed by atoms with Gasteiger partial charge in [0.25, 0.3) is 5.69 Å². The molecule has 0 heterocycles. The first-order valence-electron chi connectivity index (χ1n) is 6.88. The van der Waals surface area contributed by atoms with Gasteiger partial charge in [-0.3, -0.25) is 10.1 Å². The predicted molar refractivity (Wildman–Crippen MR) is 91.6 cm³/mol. The summed E-state index contributed by atoms with van der Waals surface area (Å²) in [7, 11) is -3.71. The van der Waals surface area contributed by atoms with Crippen LogP contribution in [-0.2, 0) is 9.84 Å². The summed E-state index contributed by atoms with van der Waals surface area (Å²) >= 11 is 5.85. The van der Waals surface area contributed by atoms with E-state index < -0.39 is 20.4 Å². The number of nitro groups is 1. The number of hydrogen-bond acceptors (Lipinski definition) is 6. The van der Waals surface area contributed by atoms with E-state index in [-0.39, 0.29) is 4.90 Å². The molecule has 0 saturated carbocycles. The van der Waals surface area contributed by atoms with Gasteiger partial charge in [-0.05, 0) is 30.3 Å². The van der Waals surface area contributed by atoms with E-state index in [9.17, 15) is 18.5 Å². The second-order valence-electron chi connectivity index (χ2n) is 4.94. The summed E-state index contributed by atoms with van der Waals surface area (Å²) in [5, 5.41) is 14.4. The van der Waals surface area contributed by atoms with Crippen LogP contribution in [0.2, 0.25) is 5.02 Å². The summed E-state index contributed by atoms with van der Waals surface area (Å²) in [4.78, 5) is 9.87. The van der Waals surface area contributed by atoms with Crippen molar-refractivity contribution in [3.63, 3.8) is 0 Å². The molecule has 0 saturated heterocycles. The number of rotatable bonds is 7. The summed E-state index contributed by atoms with van der Waals surface area (Å²) in [5.74, 6) is 0.616. The predicted octanol–water partition coefficient (Wildman–Crippen LogP) is 3.14. The van der Waals surface area contributed by atoms with Crippen molar-refractivity contribution in [3.05, 3.63) is 57.6 Å². The topological polar surface area (TPSA) is 98.5 Å². The molecule has 0 aliphatic rings. The Morgan fingerprint density at radius 3 is 2.62 bits per heavy atom. The van der Waals surface area contributed by atoms with Gasteiger partial charge in [-0.15, -0.1) is 0 Å². The normalized spacial score (nSPS) is 11.1. The van der Waals surface area contributed by atoms with Crippen LogP contribution in [0.5, 0.6) is 5.75 Å². The van der Waals surface area contributed by atoms with Gasteiger partial charge in [0, 0.05) is 29.6 Å². The Balaban J connectivity index is 2.01. The first-order chi connectivity index (χ1) is 11.3. The molecule has 0 fully saturated rings. The van der Waals surface area contributed by atoms with E-state index in [0.29, 0.717) is 29.6 Å². The molecule has 2 aromatic carbocycles. The quantitative estimate of drug-likeness (QED) is 0.456. The average Bonchev–Trinajstić information content (AvgIpc) is 2.50. The van der Waals surface area contributed by atoms with E-state index in [1.165, 1.54) is 12.1 Å². The minimum absolute atomic E-state index is 0.311. The van der Waals surface area contributed by atoms with E-state index in [0.717, 1.165) is 12.3 Å². The number of sulfone groups is 1. The van der Waals surface area contributed by atoms with Crippen molar-refractivity contribution in [2.24, 2.45) is 0 Å². The molecule has 2 rings (SSSR count). The number of nitro benzene ring substituents is 1. The Bertz CT molecular complexity index is 855. The molecule has 0 radical (unpaired) electrons. The number of nitrogens with zero attached hydrogens (tertiary/aromatic N) is 1. The van der Waals surface area contributed by atoms with Crippen molar-refractivity contribution in [1.29, 1.82) is 0 Å². The van der Waals surface area contributed by atoms with Gasteiger partial charge < -0.3 is 10.1 Å². The monoisotopic (exact) mass is 370 g/mol. The molecule has 9 heteroatoms.